The monoisotopic (exact) mass is 386 g/mol. The van der Waals surface area contributed by atoms with E-state index in [0.717, 1.165) is 23.8 Å². The van der Waals surface area contributed by atoms with Crippen LogP contribution in [0.2, 0.25) is 5.02 Å². The summed E-state index contributed by atoms with van der Waals surface area (Å²) in [6.07, 6.45) is -2.96. The van der Waals surface area contributed by atoms with Crippen molar-refractivity contribution < 1.29 is 18.0 Å². The fraction of sp³-hybridized carbons (Fsp3) is 0.412. The molecule has 0 spiro atoms. The summed E-state index contributed by atoms with van der Waals surface area (Å²) in [6.45, 7) is 1.59. The van der Waals surface area contributed by atoms with E-state index in [9.17, 15) is 18.0 Å². The maximum absolute atomic E-state index is 13.7. The summed E-state index contributed by atoms with van der Waals surface area (Å²) in [4.78, 5) is 14.2. The maximum Gasteiger partial charge on any atom is 0.434 e. The summed E-state index contributed by atoms with van der Waals surface area (Å²) < 4.78 is 41.8. The van der Waals surface area contributed by atoms with Gasteiger partial charge >= 0.3 is 6.18 Å². The van der Waals surface area contributed by atoms with Gasteiger partial charge in [0, 0.05) is 18.1 Å². The summed E-state index contributed by atoms with van der Waals surface area (Å²) in [5, 5.41) is 7.25. The van der Waals surface area contributed by atoms with E-state index in [4.69, 9.17) is 11.6 Å². The number of benzene rings is 1. The highest BCUT2D eigenvalue weighted by molar-refractivity contribution is 6.30. The number of carbonyl (C=O) groups excluding carboxylic acids is 1. The van der Waals surface area contributed by atoms with Crippen molar-refractivity contribution in [2.24, 2.45) is 5.92 Å². The number of hydrogen-bond acceptors (Lipinski definition) is 3. The summed E-state index contributed by atoms with van der Waals surface area (Å²) in [5.41, 5.74) is -1.31. The molecule has 1 atom stereocenters. The quantitative estimate of drug-likeness (QED) is 0.877. The fourth-order valence-electron chi connectivity index (χ4n) is 3.20. The van der Waals surface area contributed by atoms with Crippen LogP contribution in [0.4, 0.5) is 13.2 Å². The van der Waals surface area contributed by atoms with Crippen LogP contribution >= 0.6 is 11.6 Å². The minimum Gasteiger partial charge on any atom is -0.338 e. The molecule has 1 amide bonds. The number of nitrogens with one attached hydrogen (secondary N) is 1. The molecule has 1 aromatic carbocycles. The van der Waals surface area contributed by atoms with Crippen LogP contribution in [-0.2, 0) is 6.18 Å². The predicted molar refractivity (Wildman–Crippen MR) is 91.5 cm³/mol. The SMILES string of the molecule is CNCC1CCN(C(=O)c2cnn(-c3ccc(Cl)cc3)c2C(F)(F)F)C1. The molecule has 1 N–H and O–H groups in total. The van der Waals surface area contributed by atoms with E-state index in [0.29, 0.717) is 18.1 Å². The molecule has 1 aliphatic rings. The van der Waals surface area contributed by atoms with E-state index in [2.05, 4.69) is 10.4 Å². The molecule has 1 fully saturated rings. The molecule has 1 aromatic heterocycles. The van der Waals surface area contributed by atoms with Gasteiger partial charge in [-0.2, -0.15) is 18.3 Å². The van der Waals surface area contributed by atoms with E-state index in [1.54, 1.807) is 0 Å². The summed E-state index contributed by atoms with van der Waals surface area (Å²) >= 11 is 5.79. The lowest BCUT2D eigenvalue weighted by Gasteiger charge is -2.18. The average Bonchev–Trinajstić information content (AvgIpc) is 3.22. The third-order valence-electron chi connectivity index (χ3n) is 4.41. The number of amides is 1. The maximum atomic E-state index is 13.7. The zero-order valence-corrected chi connectivity index (χ0v) is 14.8. The van der Waals surface area contributed by atoms with Crippen LogP contribution < -0.4 is 5.32 Å². The van der Waals surface area contributed by atoms with Crippen LogP contribution in [0.5, 0.6) is 0 Å². The van der Waals surface area contributed by atoms with Crippen molar-refractivity contribution in [2.45, 2.75) is 12.6 Å². The number of likely N-dealkylation sites (tertiary alicyclic amines) is 1. The molecule has 1 saturated heterocycles. The molecule has 1 unspecified atom stereocenters. The van der Waals surface area contributed by atoms with Crippen LogP contribution in [0.3, 0.4) is 0 Å². The highest BCUT2D eigenvalue weighted by Crippen LogP contribution is 2.35. The molecule has 2 heterocycles. The highest BCUT2D eigenvalue weighted by Gasteiger charge is 2.42. The van der Waals surface area contributed by atoms with Crippen molar-refractivity contribution in [3.05, 3.63) is 46.7 Å². The zero-order chi connectivity index (χ0) is 18.9. The van der Waals surface area contributed by atoms with Crippen molar-refractivity contribution in [3.63, 3.8) is 0 Å². The molecule has 9 heteroatoms. The fourth-order valence-corrected chi connectivity index (χ4v) is 3.32. The van der Waals surface area contributed by atoms with Crippen LogP contribution in [0.1, 0.15) is 22.5 Å². The average molecular weight is 387 g/mol. The number of carbonyl (C=O) groups is 1. The van der Waals surface area contributed by atoms with Gasteiger partial charge in [-0.25, -0.2) is 4.68 Å². The Morgan fingerprint density at radius 3 is 2.65 bits per heavy atom. The zero-order valence-electron chi connectivity index (χ0n) is 14.1. The topological polar surface area (TPSA) is 50.2 Å². The summed E-state index contributed by atoms with van der Waals surface area (Å²) in [6, 6.07) is 5.81. The van der Waals surface area contributed by atoms with E-state index < -0.39 is 23.3 Å². The van der Waals surface area contributed by atoms with Crippen molar-refractivity contribution >= 4 is 17.5 Å². The van der Waals surface area contributed by atoms with Gasteiger partial charge in [0.15, 0.2) is 5.69 Å². The standard InChI is InChI=1S/C17H18ClF3N4O/c1-22-8-11-6-7-24(10-11)16(26)14-9-23-25(15(14)17(19,20)21)13-4-2-12(18)3-5-13/h2-5,9,11,22H,6-8,10H2,1H3. The van der Waals surface area contributed by atoms with Gasteiger partial charge in [0.1, 0.15) is 0 Å². The van der Waals surface area contributed by atoms with Gasteiger partial charge in [0.25, 0.3) is 5.91 Å². The summed E-state index contributed by atoms with van der Waals surface area (Å²) in [7, 11) is 1.81. The molecule has 5 nitrogen and oxygen atoms in total. The normalized spacial score (nSPS) is 17.7. The van der Waals surface area contributed by atoms with Gasteiger partial charge < -0.3 is 10.2 Å². The van der Waals surface area contributed by atoms with E-state index in [1.807, 2.05) is 7.05 Å². The van der Waals surface area contributed by atoms with E-state index in [-0.39, 0.29) is 11.6 Å². The second-order valence-electron chi connectivity index (χ2n) is 6.26. The Hall–Kier alpha value is -2.06. The second-order valence-corrected chi connectivity index (χ2v) is 6.69. The van der Waals surface area contributed by atoms with Crippen LogP contribution in [0.25, 0.3) is 5.69 Å². The number of aromatic nitrogens is 2. The first-order valence-electron chi connectivity index (χ1n) is 8.16. The lowest BCUT2D eigenvalue weighted by atomic mass is 10.1. The van der Waals surface area contributed by atoms with Crippen molar-refractivity contribution in [3.8, 4) is 5.69 Å². The lowest BCUT2D eigenvalue weighted by molar-refractivity contribution is -0.143. The first-order valence-corrected chi connectivity index (χ1v) is 8.54. The molecule has 3 rings (SSSR count). The Bertz CT molecular complexity index is 788. The van der Waals surface area contributed by atoms with Gasteiger partial charge in [-0.3, -0.25) is 4.79 Å². The molecule has 2 aromatic rings. The Balaban J connectivity index is 1.95. The summed E-state index contributed by atoms with van der Waals surface area (Å²) in [5.74, 6) is -0.402. The van der Waals surface area contributed by atoms with Gasteiger partial charge in [-0.1, -0.05) is 11.6 Å². The molecular weight excluding hydrogens is 369 g/mol. The molecular formula is C17H18ClF3N4O. The second kappa shape index (κ2) is 7.28. The number of rotatable bonds is 4. The molecule has 140 valence electrons. The first kappa shape index (κ1) is 18.7. The predicted octanol–water partition coefficient (Wildman–Crippen LogP) is 3.23. The smallest absolute Gasteiger partial charge is 0.338 e. The Morgan fingerprint density at radius 2 is 2.04 bits per heavy atom. The highest BCUT2D eigenvalue weighted by atomic mass is 35.5. The molecule has 0 radical (unpaired) electrons. The van der Waals surface area contributed by atoms with Crippen LogP contribution in [-0.4, -0.2) is 47.3 Å². The van der Waals surface area contributed by atoms with Crippen molar-refractivity contribution in [1.82, 2.24) is 20.0 Å². The van der Waals surface area contributed by atoms with Crippen molar-refractivity contribution in [2.75, 3.05) is 26.7 Å². The Morgan fingerprint density at radius 1 is 1.35 bits per heavy atom. The lowest BCUT2D eigenvalue weighted by Crippen LogP contribution is -2.32. The van der Waals surface area contributed by atoms with E-state index >= 15 is 0 Å². The van der Waals surface area contributed by atoms with Gasteiger partial charge in [0.2, 0.25) is 0 Å². The molecule has 0 saturated carbocycles. The molecule has 26 heavy (non-hydrogen) atoms. The number of hydrogen-bond donors (Lipinski definition) is 1. The van der Waals surface area contributed by atoms with Gasteiger partial charge in [-0.15, -0.1) is 0 Å². The van der Waals surface area contributed by atoms with E-state index in [1.165, 1.54) is 29.2 Å². The van der Waals surface area contributed by atoms with Crippen molar-refractivity contribution in [1.29, 1.82) is 0 Å². The number of alkyl halides is 3. The van der Waals surface area contributed by atoms with Gasteiger partial charge in [-0.05, 0) is 50.2 Å². The third kappa shape index (κ3) is 3.71. The Labute approximate surface area is 153 Å². The van der Waals surface area contributed by atoms with Crippen LogP contribution in [0, 0.1) is 5.92 Å². The molecule has 0 bridgehead atoms. The molecule has 0 aliphatic carbocycles. The minimum absolute atomic E-state index is 0.190. The number of halogens is 4. The molecule has 1 aliphatic heterocycles. The largest absolute Gasteiger partial charge is 0.434 e. The minimum atomic E-state index is -4.72. The van der Waals surface area contributed by atoms with Gasteiger partial charge in [0.05, 0.1) is 17.4 Å². The van der Waals surface area contributed by atoms with Crippen LogP contribution in [0.15, 0.2) is 30.5 Å². The Kier molecular flexibility index (Phi) is 5.24. The first-order chi connectivity index (χ1) is 12.3. The third-order valence-corrected chi connectivity index (χ3v) is 4.66. The number of nitrogens with zero attached hydrogens (tertiary/aromatic N) is 3.